The minimum atomic E-state index is -0.357. The lowest BCUT2D eigenvalue weighted by molar-refractivity contribution is 0.228. The molecule has 0 heterocycles. The van der Waals surface area contributed by atoms with E-state index in [1.807, 2.05) is 13.8 Å². The molecule has 14 heavy (non-hydrogen) atoms. The maximum absolute atomic E-state index is 13.0. The van der Waals surface area contributed by atoms with E-state index in [2.05, 4.69) is 15.9 Å². The fraction of sp³-hybridized carbons (Fsp3) is 0.400. The molecule has 0 fully saturated rings. The van der Waals surface area contributed by atoms with Crippen molar-refractivity contribution in [1.29, 1.82) is 0 Å². The maximum Gasteiger partial charge on any atom is 0.175 e. The molecule has 4 heteroatoms. The van der Waals surface area contributed by atoms with Gasteiger partial charge >= 0.3 is 0 Å². The van der Waals surface area contributed by atoms with Crippen molar-refractivity contribution in [3.63, 3.8) is 0 Å². The second-order valence-corrected chi connectivity index (χ2v) is 3.94. The highest BCUT2D eigenvalue weighted by atomic mass is 79.9. The second-order valence-electron chi connectivity index (χ2n) is 3.09. The molecule has 0 N–H and O–H groups in total. The molecule has 0 aliphatic rings. The molecule has 0 amide bonds. The molecule has 0 saturated carbocycles. The summed E-state index contributed by atoms with van der Waals surface area (Å²) in [5.41, 5.74) is 0. The molecule has 0 aromatic heterocycles. The quantitative estimate of drug-likeness (QED) is 0.832. The molecular formula is C10H12BrFO2. The molecule has 0 radical (unpaired) electrons. The zero-order valence-electron chi connectivity index (χ0n) is 8.30. The first-order chi connectivity index (χ1) is 6.54. The molecule has 0 saturated heterocycles. The summed E-state index contributed by atoms with van der Waals surface area (Å²) in [5, 5.41) is 0. The molecular weight excluding hydrogens is 251 g/mol. The van der Waals surface area contributed by atoms with Gasteiger partial charge in [-0.1, -0.05) is 0 Å². The minimum Gasteiger partial charge on any atom is -0.493 e. The average Bonchev–Trinajstić information content (AvgIpc) is 2.08. The number of halogens is 2. The van der Waals surface area contributed by atoms with Crippen molar-refractivity contribution in [1.82, 2.24) is 0 Å². The van der Waals surface area contributed by atoms with Crippen LogP contribution in [0.15, 0.2) is 16.6 Å². The molecule has 1 aromatic rings. The van der Waals surface area contributed by atoms with Gasteiger partial charge in [0.1, 0.15) is 5.82 Å². The summed E-state index contributed by atoms with van der Waals surface area (Å²) in [7, 11) is 1.48. The Morgan fingerprint density at radius 1 is 1.36 bits per heavy atom. The standard InChI is InChI=1S/C10H12BrFO2/c1-6(2)14-10-8(11)4-7(12)5-9(10)13-3/h4-6H,1-3H3. The summed E-state index contributed by atoms with van der Waals surface area (Å²) >= 11 is 3.22. The fourth-order valence-electron chi connectivity index (χ4n) is 1.04. The predicted octanol–water partition coefficient (Wildman–Crippen LogP) is 3.38. The van der Waals surface area contributed by atoms with Crippen LogP contribution in [0.4, 0.5) is 4.39 Å². The van der Waals surface area contributed by atoms with Crippen molar-refractivity contribution in [2.45, 2.75) is 20.0 Å². The molecule has 0 aliphatic heterocycles. The van der Waals surface area contributed by atoms with Crippen molar-refractivity contribution in [2.24, 2.45) is 0 Å². The highest BCUT2D eigenvalue weighted by molar-refractivity contribution is 9.10. The van der Waals surface area contributed by atoms with E-state index >= 15 is 0 Å². The van der Waals surface area contributed by atoms with Gasteiger partial charge in [0.15, 0.2) is 11.5 Å². The van der Waals surface area contributed by atoms with Crippen LogP contribution in [0, 0.1) is 5.82 Å². The Morgan fingerprint density at radius 3 is 2.50 bits per heavy atom. The molecule has 2 nitrogen and oxygen atoms in total. The maximum atomic E-state index is 13.0. The van der Waals surface area contributed by atoms with Gasteiger partial charge in [-0.25, -0.2) is 4.39 Å². The second kappa shape index (κ2) is 4.64. The predicted molar refractivity (Wildman–Crippen MR) is 56.4 cm³/mol. The number of hydrogen-bond acceptors (Lipinski definition) is 2. The van der Waals surface area contributed by atoms with Crippen molar-refractivity contribution in [3.05, 3.63) is 22.4 Å². The van der Waals surface area contributed by atoms with Gasteiger partial charge in [-0.2, -0.15) is 0 Å². The zero-order chi connectivity index (χ0) is 10.7. The third kappa shape index (κ3) is 2.61. The third-order valence-corrected chi connectivity index (χ3v) is 2.14. The monoisotopic (exact) mass is 262 g/mol. The van der Waals surface area contributed by atoms with E-state index in [0.29, 0.717) is 16.0 Å². The van der Waals surface area contributed by atoms with Crippen LogP contribution in [0.25, 0.3) is 0 Å². The van der Waals surface area contributed by atoms with Crippen LogP contribution < -0.4 is 9.47 Å². The van der Waals surface area contributed by atoms with Crippen LogP contribution in [0.2, 0.25) is 0 Å². The number of rotatable bonds is 3. The molecule has 78 valence electrons. The fourth-order valence-corrected chi connectivity index (χ4v) is 1.55. The summed E-state index contributed by atoms with van der Waals surface area (Å²) in [6.07, 6.45) is 0.0191. The lowest BCUT2D eigenvalue weighted by atomic mass is 10.3. The van der Waals surface area contributed by atoms with Gasteiger partial charge < -0.3 is 9.47 Å². The van der Waals surface area contributed by atoms with E-state index in [-0.39, 0.29) is 11.9 Å². The topological polar surface area (TPSA) is 18.5 Å². The lowest BCUT2D eigenvalue weighted by Gasteiger charge is -2.14. The first-order valence-corrected chi connectivity index (χ1v) is 5.03. The van der Waals surface area contributed by atoms with E-state index < -0.39 is 0 Å². The molecule has 0 bridgehead atoms. The number of methoxy groups -OCH3 is 1. The molecule has 0 aliphatic carbocycles. The Balaban J connectivity index is 3.11. The van der Waals surface area contributed by atoms with Crippen LogP contribution in [-0.2, 0) is 0 Å². The largest absolute Gasteiger partial charge is 0.493 e. The number of benzene rings is 1. The molecule has 1 rings (SSSR count). The van der Waals surface area contributed by atoms with Crippen molar-refractivity contribution in [3.8, 4) is 11.5 Å². The molecule has 1 aromatic carbocycles. The highest BCUT2D eigenvalue weighted by Crippen LogP contribution is 2.36. The summed E-state index contributed by atoms with van der Waals surface area (Å²) in [5.74, 6) is 0.569. The highest BCUT2D eigenvalue weighted by Gasteiger charge is 2.12. The van der Waals surface area contributed by atoms with Gasteiger partial charge in [-0.05, 0) is 35.8 Å². The Morgan fingerprint density at radius 2 is 2.00 bits per heavy atom. The smallest absolute Gasteiger partial charge is 0.175 e. The van der Waals surface area contributed by atoms with Crippen LogP contribution >= 0.6 is 15.9 Å². The molecule has 0 atom stereocenters. The Bertz CT molecular complexity index is 326. The summed E-state index contributed by atoms with van der Waals surface area (Å²) in [6, 6.07) is 2.64. The Kier molecular flexibility index (Phi) is 3.75. The normalized spacial score (nSPS) is 10.4. The summed E-state index contributed by atoms with van der Waals surface area (Å²) in [6.45, 7) is 3.80. The van der Waals surface area contributed by atoms with E-state index in [9.17, 15) is 4.39 Å². The molecule has 0 spiro atoms. The van der Waals surface area contributed by atoms with E-state index in [4.69, 9.17) is 9.47 Å². The summed E-state index contributed by atoms with van der Waals surface area (Å²) in [4.78, 5) is 0. The Labute approximate surface area is 91.2 Å². The van der Waals surface area contributed by atoms with Crippen molar-refractivity contribution in [2.75, 3.05) is 7.11 Å². The SMILES string of the molecule is COc1cc(F)cc(Br)c1OC(C)C. The molecule has 0 unspecified atom stereocenters. The third-order valence-electron chi connectivity index (χ3n) is 1.55. The van der Waals surface area contributed by atoms with Crippen LogP contribution in [0.5, 0.6) is 11.5 Å². The van der Waals surface area contributed by atoms with Gasteiger partial charge in [0.25, 0.3) is 0 Å². The first kappa shape index (κ1) is 11.3. The van der Waals surface area contributed by atoms with Crippen molar-refractivity contribution < 1.29 is 13.9 Å². The first-order valence-electron chi connectivity index (χ1n) is 4.24. The van der Waals surface area contributed by atoms with Crippen LogP contribution in [0.1, 0.15) is 13.8 Å². The number of hydrogen-bond donors (Lipinski definition) is 0. The van der Waals surface area contributed by atoms with Gasteiger partial charge in [0, 0.05) is 6.07 Å². The van der Waals surface area contributed by atoms with Gasteiger partial charge in [0.2, 0.25) is 0 Å². The van der Waals surface area contributed by atoms with E-state index in [0.717, 1.165) is 0 Å². The van der Waals surface area contributed by atoms with Gasteiger partial charge in [0.05, 0.1) is 17.7 Å². The van der Waals surface area contributed by atoms with Gasteiger partial charge in [-0.3, -0.25) is 0 Å². The van der Waals surface area contributed by atoms with E-state index in [1.54, 1.807) is 0 Å². The van der Waals surface area contributed by atoms with Crippen molar-refractivity contribution >= 4 is 15.9 Å². The van der Waals surface area contributed by atoms with Crippen LogP contribution in [-0.4, -0.2) is 13.2 Å². The number of ether oxygens (including phenoxy) is 2. The zero-order valence-corrected chi connectivity index (χ0v) is 9.89. The van der Waals surface area contributed by atoms with Gasteiger partial charge in [-0.15, -0.1) is 0 Å². The lowest BCUT2D eigenvalue weighted by Crippen LogP contribution is -2.07. The van der Waals surface area contributed by atoms with E-state index in [1.165, 1.54) is 19.2 Å². The minimum absolute atomic E-state index is 0.0191. The van der Waals surface area contributed by atoms with Crippen LogP contribution in [0.3, 0.4) is 0 Å². The average molecular weight is 263 g/mol. The summed E-state index contributed by atoms with van der Waals surface area (Å²) < 4.78 is 24.0. The Hall–Kier alpha value is -0.770.